The summed E-state index contributed by atoms with van der Waals surface area (Å²) in [5.41, 5.74) is 1.84. The number of ether oxygens (including phenoxy) is 1. The first-order valence-electron chi connectivity index (χ1n) is 9.45. The molecule has 2 aliphatic heterocycles. The van der Waals surface area contributed by atoms with Gasteiger partial charge >= 0.3 is 5.97 Å². The van der Waals surface area contributed by atoms with Crippen LogP contribution in [-0.2, 0) is 9.53 Å². The summed E-state index contributed by atoms with van der Waals surface area (Å²) in [4.78, 5) is 18.6. The molecule has 0 radical (unpaired) electrons. The standard InChI is InChI=1S/C21H21ClFN3O2S/c1-28-21(27)17-18(12-6-8-24-9-7-12)25-20(16-3-2-10-29-16)26-19(17)14-5-4-13(23)11-15(14)22/h2-5,10-12,19,24H,6-9H2,1H3,(H,25,26). The number of allylic oxidation sites excluding steroid dienone is 1. The molecule has 1 fully saturated rings. The van der Waals surface area contributed by atoms with E-state index in [4.69, 9.17) is 21.3 Å². The fourth-order valence-electron chi connectivity index (χ4n) is 3.82. The molecule has 4 rings (SSSR count). The van der Waals surface area contributed by atoms with Gasteiger partial charge in [0.15, 0.2) is 0 Å². The van der Waals surface area contributed by atoms with Crippen LogP contribution in [0.5, 0.6) is 0 Å². The van der Waals surface area contributed by atoms with Gasteiger partial charge in [0.25, 0.3) is 0 Å². The van der Waals surface area contributed by atoms with Gasteiger partial charge in [-0.15, -0.1) is 11.3 Å². The van der Waals surface area contributed by atoms with Crippen molar-refractivity contribution < 1.29 is 13.9 Å². The van der Waals surface area contributed by atoms with Crippen molar-refractivity contribution in [2.75, 3.05) is 20.2 Å². The Hall–Kier alpha value is -2.22. The number of piperidine rings is 1. The van der Waals surface area contributed by atoms with Gasteiger partial charge in [0, 0.05) is 22.2 Å². The summed E-state index contributed by atoms with van der Waals surface area (Å²) in [6.07, 6.45) is 1.79. The van der Waals surface area contributed by atoms with Gasteiger partial charge in [-0.3, -0.25) is 4.99 Å². The smallest absolute Gasteiger partial charge is 0.338 e. The van der Waals surface area contributed by atoms with Crippen LogP contribution in [-0.4, -0.2) is 32.0 Å². The molecule has 2 aromatic rings. The number of methoxy groups -OCH3 is 1. The van der Waals surface area contributed by atoms with Crippen molar-refractivity contribution in [1.29, 1.82) is 0 Å². The van der Waals surface area contributed by atoms with Gasteiger partial charge in [-0.05, 0) is 49.5 Å². The van der Waals surface area contributed by atoms with Gasteiger partial charge < -0.3 is 15.4 Å². The summed E-state index contributed by atoms with van der Waals surface area (Å²) in [6, 6.07) is 7.43. The highest BCUT2D eigenvalue weighted by molar-refractivity contribution is 7.12. The van der Waals surface area contributed by atoms with E-state index in [1.807, 2.05) is 17.5 Å². The van der Waals surface area contributed by atoms with Crippen molar-refractivity contribution in [2.45, 2.75) is 18.9 Å². The van der Waals surface area contributed by atoms with Crippen LogP contribution < -0.4 is 10.6 Å². The molecule has 5 nitrogen and oxygen atoms in total. The molecule has 3 heterocycles. The highest BCUT2D eigenvalue weighted by atomic mass is 35.5. The van der Waals surface area contributed by atoms with Crippen LogP contribution >= 0.6 is 22.9 Å². The zero-order chi connectivity index (χ0) is 20.4. The lowest BCUT2D eigenvalue weighted by atomic mass is 9.86. The molecule has 1 aromatic heterocycles. The number of halogens is 2. The van der Waals surface area contributed by atoms with Crippen molar-refractivity contribution >= 4 is 34.7 Å². The molecule has 0 amide bonds. The summed E-state index contributed by atoms with van der Waals surface area (Å²) >= 11 is 7.93. The molecule has 0 bridgehead atoms. The van der Waals surface area contributed by atoms with Gasteiger partial charge in [0.05, 0.1) is 17.6 Å². The molecular weight excluding hydrogens is 413 g/mol. The van der Waals surface area contributed by atoms with Crippen molar-refractivity contribution in [2.24, 2.45) is 10.9 Å². The van der Waals surface area contributed by atoms with E-state index in [0.717, 1.165) is 36.5 Å². The summed E-state index contributed by atoms with van der Waals surface area (Å²) < 4.78 is 18.8. The molecule has 1 aromatic carbocycles. The van der Waals surface area contributed by atoms with E-state index in [2.05, 4.69) is 10.6 Å². The maximum atomic E-state index is 13.7. The first kappa shape index (κ1) is 20.1. The molecule has 2 N–H and O–H groups in total. The number of nitrogens with zero attached hydrogens (tertiary/aromatic N) is 1. The summed E-state index contributed by atoms with van der Waals surface area (Å²) in [6.45, 7) is 1.75. The Morgan fingerprint density at radius 3 is 2.76 bits per heavy atom. The van der Waals surface area contributed by atoms with Gasteiger partial charge in [-0.2, -0.15) is 0 Å². The largest absolute Gasteiger partial charge is 0.466 e. The van der Waals surface area contributed by atoms with Crippen molar-refractivity contribution in [3.05, 3.63) is 68.3 Å². The van der Waals surface area contributed by atoms with E-state index in [1.165, 1.54) is 19.2 Å². The predicted octanol–water partition coefficient (Wildman–Crippen LogP) is 4.06. The Labute approximate surface area is 177 Å². The number of esters is 1. The Balaban J connectivity index is 1.88. The molecule has 152 valence electrons. The second kappa shape index (κ2) is 8.65. The summed E-state index contributed by atoms with van der Waals surface area (Å²) in [5, 5.41) is 8.98. The number of carbonyl (C=O) groups excluding carboxylic acids is 1. The lowest BCUT2D eigenvalue weighted by molar-refractivity contribution is -0.136. The van der Waals surface area contributed by atoms with Crippen LogP contribution in [0, 0.1) is 11.7 Å². The van der Waals surface area contributed by atoms with Gasteiger partial charge in [0.1, 0.15) is 17.7 Å². The van der Waals surface area contributed by atoms with Crippen LogP contribution in [0.3, 0.4) is 0 Å². The highest BCUT2D eigenvalue weighted by Crippen LogP contribution is 2.39. The number of carbonyl (C=O) groups is 1. The molecule has 0 saturated carbocycles. The average Bonchev–Trinajstić information content (AvgIpc) is 3.28. The number of benzene rings is 1. The number of rotatable bonds is 4. The Bertz CT molecular complexity index is 968. The van der Waals surface area contributed by atoms with Crippen molar-refractivity contribution in [3.63, 3.8) is 0 Å². The topological polar surface area (TPSA) is 62.7 Å². The SMILES string of the molecule is COC(=O)C1=C(C2CCNCC2)NC(c2cccs2)=NC1c1ccc(F)cc1Cl. The minimum absolute atomic E-state index is 0.164. The van der Waals surface area contributed by atoms with Gasteiger partial charge in [-0.25, -0.2) is 9.18 Å². The molecule has 1 atom stereocenters. The Morgan fingerprint density at radius 2 is 2.10 bits per heavy atom. The fourth-order valence-corrected chi connectivity index (χ4v) is 4.77. The van der Waals surface area contributed by atoms with Crippen molar-refractivity contribution in [3.8, 4) is 0 Å². The zero-order valence-electron chi connectivity index (χ0n) is 15.9. The number of amidine groups is 1. The monoisotopic (exact) mass is 433 g/mol. The second-order valence-electron chi connectivity index (χ2n) is 6.99. The quantitative estimate of drug-likeness (QED) is 0.714. The van der Waals surface area contributed by atoms with Crippen LogP contribution in [0.2, 0.25) is 5.02 Å². The molecule has 2 aliphatic rings. The molecule has 0 spiro atoms. The van der Waals surface area contributed by atoms with E-state index in [9.17, 15) is 9.18 Å². The summed E-state index contributed by atoms with van der Waals surface area (Å²) in [7, 11) is 1.36. The number of thiophene rings is 1. The first-order valence-corrected chi connectivity index (χ1v) is 10.7. The maximum Gasteiger partial charge on any atom is 0.338 e. The fraction of sp³-hybridized carbons (Fsp3) is 0.333. The van der Waals surface area contributed by atoms with E-state index < -0.39 is 17.8 Å². The normalized spacial score (nSPS) is 20.2. The third-order valence-electron chi connectivity index (χ3n) is 5.24. The molecule has 29 heavy (non-hydrogen) atoms. The molecular formula is C21H21ClFN3O2S. The van der Waals surface area contributed by atoms with Crippen LogP contribution in [0.15, 0.2) is 52.0 Å². The number of hydrogen-bond donors (Lipinski definition) is 2. The number of nitrogens with one attached hydrogen (secondary N) is 2. The minimum Gasteiger partial charge on any atom is -0.466 e. The van der Waals surface area contributed by atoms with E-state index >= 15 is 0 Å². The first-order chi connectivity index (χ1) is 14.1. The van der Waals surface area contributed by atoms with Crippen LogP contribution in [0.4, 0.5) is 4.39 Å². The lowest BCUT2D eigenvalue weighted by Crippen LogP contribution is -2.39. The third kappa shape index (κ3) is 4.08. The van der Waals surface area contributed by atoms with Crippen LogP contribution in [0.1, 0.15) is 29.3 Å². The van der Waals surface area contributed by atoms with E-state index in [1.54, 1.807) is 17.4 Å². The third-order valence-corrected chi connectivity index (χ3v) is 6.44. The van der Waals surface area contributed by atoms with E-state index in [0.29, 0.717) is 17.0 Å². The highest BCUT2D eigenvalue weighted by Gasteiger charge is 2.36. The van der Waals surface area contributed by atoms with Crippen molar-refractivity contribution in [1.82, 2.24) is 10.6 Å². The van der Waals surface area contributed by atoms with E-state index in [-0.39, 0.29) is 10.9 Å². The van der Waals surface area contributed by atoms with Gasteiger partial charge in [-0.1, -0.05) is 23.7 Å². The van der Waals surface area contributed by atoms with Gasteiger partial charge in [0.2, 0.25) is 0 Å². The zero-order valence-corrected chi connectivity index (χ0v) is 17.4. The molecule has 1 unspecified atom stereocenters. The molecule has 8 heteroatoms. The predicted molar refractivity (Wildman–Crippen MR) is 113 cm³/mol. The average molecular weight is 434 g/mol. The molecule has 1 saturated heterocycles. The number of aliphatic imine (C=N–C) groups is 1. The minimum atomic E-state index is -0.668. The molecule has 0 aliphatic carbocycles. The van der Waals surface area contributed by atoms with Crippen LogP contribution in [0.25, 0.3) is 0 Å². The summed E-state index contributed by atoms with van der Waals surface area (Å²) in [5.74, 6) is -0.0353. The number of hydrogen-bond acceptors (Lipinski definition) is 6. The Morgan fingerprint density at radius 1 is 1.31 bits per heavy atom. The maximum absolute atomic E-state index is 13.7. The Kier molecular flexibility index (Phi) is 5.99. The lowest BCUT2D eigenvalue weighted by Gasteiger charge is -2.33. The second-order valence-corrected chi connectivity index (χ2v) is 8.35.